The number of benzene rings is 1. The third-order valence-electron chi connectivity index (χ3n) is 4.10. The Labute approximate surface area is 123 Å². The summed E-state index contributed by atoms with van der Waals surface area (Å²) in [4.78, 5) is 22.5. The number of rotatable bonds is 3. The number of carbonyl (C=O) groups is 2. The SMILES string of the molecule is Cc1c(CCC(=O)O)c(O)c(C)c2c1OC(=O)CC2(C)C. The van der Waals surface area contributed by atoms with Crippen molar-refractivity contribution in [2.75, 3.05) is 0 Å². The summed E-state index contributed by atoms with van der Waals surface area (Å²) in [5.74, 6) is -0.642. The Morgan fingerprint density at radius 2 is 1.90 bits per heavy atom. The number of aliphatic carboxylic acids is 1. The topological polar surface area (TPSA) is 83.8 Å². The summed E-state index contributed by atoms with van der Waals surface area (Å²) in [6, 6.07) is 0. The lowest BCUT2D eigenvalue weighted by molar-refractivity contribution is -0.138. The number of carbonyl (C=O) groups excluding carboxylic acids is 1. The third kappa shape index (κ3) is 2.60. The summed E-state index contributed by atoms with van der Waals surface area (Å²) in [7, 11) is 0. The van der Waals surface area contributed by atoms with Gasteiger partial charge in [0.25, 0.3) is 0 Å². The maximum atomic E-state index is 11.8. The van der Waals surface area contributed by atoms with E-state index in [1.165, 1.54) is 0 Å². The van der Waals surface area contributed by atoms with Crippen LogP contribution in [0.15, 0.2) is 0 Å². The molecule has 1 aromatic rings. The summed E-state index contributed by atoms with van der Waals surface area (Å²) in [6.45, 7) is 7.41. The predicted molar refractivity (Wildman–Crippen MR) is 76.8 cm³/mol. The molecule has 0 aliphatic carbocycles. The van der Waals surface area contributed by atoms with Crippen LogP contribution in [0.4, 0.5) is 0 Å². The normalized spacial score (nSPS) is 16.3. The zero-order chi connectivity index (χ0) is 15.9. The first-order chi connectivity index (χ1) is 9.65. The van der Waals surface area contributed by atoms with Gasteiger partial charge in [-0.3, -0.25) is 9.59 Å². The van der Waals surface area contributed by atoms with Crippen molar-refractivity contribution in [2.24, 2.45) is 0 Å². The summed E-state index contributed by atoms with van der Waals surface area (Å²) in [5.41, 5.74) is 2.27. The van der Waals surface area contributed by atoms with E-state index in [1.807, 2.05) is 13.8 Å². The molecule has 0 amide bonds. The summed E-state index contributed by atoms with van der Waals surface area (Å²) in [6.07, 6.45) is 0.386. The number of carboxylic acid groups (broad SMARTS) is 1. The molecule has 114 valence electrons. The van der Waals surface area contributed by atoms with Gasteiger partial charge >= 0.3 is 11.9 Å². The minimum Gasteiger partial charge on any atom is -0.507 e. The zero-order valence-corrected chi connectivity index (χ0v) is 12.7. The van der Waals surface area contributed by atoms with Gasteiger partial charge in [0.1, 0.15) is 11.5 Å². The lowest BCUT2D eigenvalue weighted by Gasteiger charge is -2.34. The highest BCUT2D eigenvalue weighted by Gasteiger charge is 2.38. The van der Waals surface area contributed by atoms with Gasteiger partial charge in [0.2, 0.25) is 0 Å². The Hall–Kier alpha value is -2.04. The highest BCUT2D eigenvalue weighted by atomic mass is 16.5. The van der Waals surface area contributed by atoms with Crippen molar-refractivity contribution in [1.29, 1.82) is 0 Å². The maximum Gasteiger partial charge on any atom is 0.312 e. The van der Waals surface area contributed by atoms with E-state index >= 15 is 0 Å². The minimum absolute atomic E-state index is 0.0794. The molecule has 0 saturated heterocycles. The van der Waals surface area contributed by atoms with Gasteiger partial charge in [-0.15, -0.1) is 0 Å². The minimum atomic E-state index is -0.929. The number of hydrogen-bond acceptors (Lipinski definition) is 4. The van der Waals surface area contributed by atoms with Gasteiger partial charge < -0.3 is 14.9 Å². The third-order valence-corrected chi connectivity index (χ3v) is 4.10. The van der Waals surface area contributed by atoms with E-state index in [0.717, 1.165) is 5.56 Å². The Morgan fingerprint density at radius 1 is 1.29 bits per heavy atom. The summed E-state index contributed by atoms with van der Waals surface area (Å²) >= 11 is 0. The van der Waals surface area contributed by atoms with Gasteiger partial charge in [0.15, 0.2) is 0 Å². The first-order valence-electron chi connectivity index (χ1n) is 6.93. The van der Waals surface area contributed by atoms with Gasteiger partial charge in [-0.25, -0.2) is 0 Å². The fourth-order valence-electron chi connectivity index (χ4n) is 3.10. The van der Waals surface area contributed by atoms with Crippen molar-refractivity contribution >= 4 is 11.9 Å². The molecule has 0 radical (unpaired) electrons. The van der Waals surface area contributed by atoms with Crippen molar-refractivity contribution in [1.82, 2.24) is 0 Å². The molecule has 0 aromatic heterocycles. The Morgan fingerprint density at radius 3 is 2.48 bits per heavy atom. The van der Waals surface area contributed by atoms with Gasteiger partial charge in [-0.1, -0.05) is 13.8 Å². The van der Waals surface area contributed by atoms with E-state index in [9.17, 15) is 14.7 Å². The second kappa shape index (κ2) is 5.06. The van der Waals surface area contributed by atoms with Crippen LogP contribution in [0, 0.1) is 13.8 Å². The highest BCUT2D eigenvalue weighted by Crippen LogP contribution is 2.47. The van der Waals surface area contributed by atoms with Gasteiger partial charge in [-0.2, -0.15) is 0 Å². The van der Waals surface area contributed by atoms with Crippen LogP contribution in [-0.4, -0.2) is 22.2 Å². The lowest BCUT2D eigenvalue weighted by Crippen LogP contribution is -2.32. The standard InChI is InChI=1S/C16H20O5/c1-8-10(5-6-11(17)18)14(20)9(2)13-15(8)21-12(19)7-16(13,3)4/h20H,5-7H2,1-4H3,(H,17,18). The van der Waals surface area contributed by atoms with Crippen LogP contribution in [0.1, 0.15) is 48.9 Å². The number of hydrogen-bond donors (Lipinski definition) is 2. The van der Waals surface area contributed by atoms with Gasteiger partial charge in [0, 0.05) is 23.0 Å². The van der Waals surface area contributed by atoms with Crippen molar-refractivity contribution in [2.45, 2.75) is 52.4 Å². The molecule has 21 heavy (non-hydrogen) atoms. The smallest absolute Gasteiger partial charge is 0.312 e. The average Bonchev–Trinajstić information content (AvgIpc) is 2.33. The van der Waals surface area contributed by atoms with Crippen LogP contribution >= 0.6 is 0 Å². The zero-order valence-electron chi connectivity index (χ0n) is 12.7. The Kier molecular flexibility index (Phi) is 3.70. The monoisotopic (exact) mass is 292 g/mol. The molecule has 2 N–H and O–H groups in total. The number of phenolic OH excluding ortho intramolecular Hbond substituents is 1. The maximum absolute atomic E-state index is 11.8. The van der Waals surface area contributed by atoms with Crippen molar-refractivity contribution < 1.29 is 24.5 Å². The molecule has 5 nitrogen and oxygen atoms in total. The van der Waals surface area contributed by atoms with E-state index in [4.69, 9.17) is 9.84 Å². The predicted octanol–water partition coefficient (Wildman–Crippen LogP) is 2.61. The summed E-state index contributed by atoms with van der Waals surface area (Å²) < 4.78 is 5.38. The van der Waals surface area contributed by atoms with E-state index in [2.05, 4.69) is 0 Å². The first kappa shape index (κ1) is 15.4. The highest BCUT2D eigenvalue weighted by molar-refractivity contribution is 5.80. The van der Waals surface area contributed by atoms with Crippen LogP contribution in [0.25, 0.3) is 0 Å². The van der Waals surface area contributed by atoms with Crippen LogP contribution < -0.4 is 4.74 Å². The number of aromatic hydroxyl groups is 1. The van der Waals surface area contributed by atoms with Crippen LogP contribution in [0.3, 0.4) is 0 Å². The molecular formula is C16H20O5. The van der Waals surface area contributed by atoms with Crippen molar-refractivity contribution in [3.05, 3.63) is 22.3 Å². The number of fused-ring (bicyclic) bond motifs is 1. The lowest BCUT2D eigenvalue weighted by atomic mass is 9.75. The molecule has 0 unspecified atom stereocenters. The fourth-order valence-corrected chi connectivity index (χ4v) is 3.10. The van der Waals surface area contributed by atoms with Crippen molar-refractivity contribution in [3.8, 4) is 11.5 Å². The molecule has 0 fully saturated rings. The molecule has 2 rings (SSSR count). The quantitative estimate of drug-likeness (QED) is 0.661. The Bertz CT molecular complexity index is 628. The van der Waals surface area contributed by atoms with Crippen LogP contribution in [-0.2, 0) is 21.4 Å². The van der Waals surface area contributed by atoms with E-state index in [0.29, 0.717) is 22.4 Å². The number of carboxylic acids is 1. The fraction of sp³-hybridized carbons (Fsp3) is 0.500. The van der Waals surface area contributed by atoms with Gasteiger partial charge in [0.05, 0.1) is 6.42 Å². The number of ether oxygens (including phenoxy) is 1. The molecule has 1 heterocycles. The molecule has 5 heteroatoms. The summed E-state index contributed by atoms with van der Waals surface area (Å²) in [5, 5.41) is 19.2. The van der Waals surface area contributed by atoms with Gasteiger partial charge in [-0.05, 0) is 31.4 Å². The molecule has 0 saturated carbocycles. The second-order valence-electron chi connectivity index (χ2n) is 6.21. The molecule has 0 spiro atoms. The van der Waals surface area contributed by atoms with E-state index in [-0.39, 0.29) is 31.0 Å². The average molecular weight is 292 g/mol. The van der Waals surface area contributed by atoms with Crippen LogP contribution in [0.5, 0.6) is 11.5 Å². The van der Waals surface area contributed by atoms with E-state index in [1.54, 1.807) is 13.8 Å². The van der Waals surface area contributed by atoms with Crippen molar-refractivity contribution in [3.63, 3.8) is 0 Å². The molecule has 0 bridgehead atoms. The van der Waals surface area contributed by atoms with Crippen LogP contribution in [0.2, 0.25) is 0 Å². The van der Waals surface area contributed by atoms with E-state index < -0.39 is 11.4 Å². The molecular weight excluding hydrogens is 272 g/mol. The number of phenols is 1. The second-order valence-corrected chi connectivity index (χ2v) is 6.21. The molecule has 1 aliphatic rings. The molecule has 0 atom stereocenters. The largest absolute Gasteiger partial charge is 0.507 e. The molecule has 1 aromatic carbocycles. The Balaban J connectivity index is 2.64. The number of esters is 1. The molecule has 1 aliphatic heterocycles. The first-order valence-corrected chi connectivity index (χ1v) is 6.93.